The van der Waals surface area contributed by atoms with Crippen LogP contribution in [0.4, 0.5) is 5.69 Å². The van der Waals surface area contributed by atoms with Gasteiger partial charge in [0.1, 0.15) is 0 Å². The maximum Gasteiger partial charge on any atom is 0.227 e. The number of carbonyl (C=O) groups excluding carboxylic acids is 1. The van der Waals surface area contributed by atoms with Gasteiger partial charge in [0.05, 0.1) is 24.4 Å². The van der Waals surface area contributed by atoms with Gasteiger partial charge in [0.2, 0.25) is 5.91 Å². The number of anilines is 1. The summed E-state index contributed by atoms with van der Waals surface area (Å²) in [5, 5.41) is 17.1. The molecule has 5 nitrogen and oxygen atoms in total. The van der Waals surface area contributed by atoms with Crippen molar-refractivity contribution in [2.45, 2.75) is 12.5 Å². The van der Waals surface area contributed by atoms with E-state index in [1.807, 2.05) is 0 Å². The first-order valence-corrected chi connectivity index (χ1v) is 6.14. The first kappa shape index (κ1) is 13.6. The highest BCUT2D eigenvalue weighted by atomic mass is 35.5. The van der Waals surface area contributed by atoms with E-state index < -0.39 is 6.10 Å². The van der Waals surface area contributed by atoms with Gasteiger partial charge < -0.3 is 10.4 Å². The van der Waals surface area contributed by atoms with Crippen LogP contribution in [0.15, 0.2) is 36.7 Å². The molecule has 19 heavy (non-hydrogen) atoms. The Labute approximate surface area is 115 Å². The number of nitrogens with zero attached hydrogens (tertiary/aromatic N) is 2. The Kier molecular flexibility index (Phi) is 4.19. The second kappa shape index (κ2) is 5.86. The molecule has 0 saturated heterocycles. The third-order valence-corrected chi connectivity index (χ3v) is 2.87. The second-order valence-corrected chi connectivity index (χ2v) is 4.66. The summed E-state index contributed by atoms with van der Waals surface area (Å²) in [5.74, 6) is -0.268. The lowest BCUT2D eigenvalue weighted by atomic mass is 10.1. The minimum atomic E-state index is -0.853. The molecule has 1 amide bonds. The van der Waals surface area contributed by atoms with Crippen molar-refractivity contribution < 1.29 is 9.90 Å². The van der Waals surface area contributed by atoms with Gasteiger partial charge in [-0.25, -0.2) is 0 Å². The van der Waals surface area contributed by atoms with E-state index in [0.717, 1.165) is 0 Å². The highest BCUT2D eigenvalue weighted by molar-refractivity contribution is 6.30. The molecular weight excluding hydrogens is 266 g/mol. The highest BCUT2D eigenvalue weighted by Crippen LogP contribution is 2.19. The molecule has 1 atom stereocenters. The molecule has 0 aliphatic heterocycles. The van der Waals surface area contributed by atoms with E-state index in [9.17, 15) is 9.90 Å². The van der Waals surface area contributed by atoms with Gasteiger partial charge in [-0.15, -0.1) is 0 Å². The van der Waals surface area contributed by atoms with Crippen LogP contribution >= 0.6 is 11.6 Å². The number of rotatable bonds is 4. The quantitative estimate of drug-likeness (QED) is 0.901. The molecule has 1 aromatic carbocycles. The van der Waals surface area contributed by atoms with E-state index >= 15 is 0 Å². The molecule has 0 spiro atoms. The van der Waals surface area contributed by atoms with Gasteiger partial charge in [-0.2, -0.15) is 5.10 Å². The molecule has 1 heterocycles. The third kappa shape index (κ3) is 3.81. The highest BCUT2D eigenvalue weighted by Gasteiger charge is 2.13. The number of aliphatic hydroxyl groups excluding tert-OH is 1. The topological polar surface area (TPSA) is 67.2 Å². The molecule has 0 aliphatic rings. The molecular formula is C13H14ClN3O2. The number of aromatic nitrogens is 2. The first-order chi connectivity index (χ1) is 9.04. The van der Waals surface area contributed by atoms with Gasteiger partial charge in [-0.3, -0.25) is 9.48 Å². The van der Waals surface area contributed by atoms with Crippen LogP contribution in [0.5, 0.6) is 0 Å². The van der Waals surface area contributed by atoms with Gasteiger partial charge in [0.25, 0.3) is 0 Å². The standard InChI is InChI=1S/C13H14ClN3O2/c1-17-8-11(7-15-17)16-13(19)6-12(18)9-2-4-10(14)5-3-9/h2-5,7-8,12,18H,6H2,1H3,(H,16,19). The van der Waals surface area contributed by atoms with Crippen LogP contribution in [0.1, 0.15) is 18.1 Å². The number of aliphatic hydroxyl groups is 1. The van der Waals surface area contributed by atoms with E-state index in [2.05, 4.69) is 10.4 Å². The Morgan fingerprint density at radius 3 is 2.74 bits per heavy atom. The molecule has 2 N–H and O–H groups in total. The fourth-order valence-corrected chi connectivity index (χ4v) is 1.80. The second-order valence-electron chi connectivity index (χ2n) is 4.22. The molecule has 2 rings (SSSR count). The molecule has 0 saturated carbocycles. The number of carbonyl (C=O) groups is 1. The lowest BCUT2D eigenvalue weighted by Crippen LogP contribution is -2.15. The number of aryl methyl sites for hydroxylation is 1. The van der Waals surface area contributed by atoms with Crippen molar-refractivity contribution in [2.24, 2.45) is 7.05 Å². The van der Waals surface area contributed by atoms with E-state index in [-0.39, 0.29) is 12.3 Å². The average Bonchev–Trinajstić information content (AvgIpc) is 2.75. The number of halogens is 1. The molecule has 0 bridgehead atoms. The summed E-state index contributed by atoms with van der Waals surface area (Å²) >= 11 is 5.76. The summed E-state index contributed by atoms with van der Waals surface area (Å²) in [5.41, 5.74) is 1.27. The predicted molar refractivity (Wildman–Crippen MR) is 72.9 cm³/mol. The molecule has 1 aromatic heterocycles. The van der Waals surface area contributed by atoms with Crippen molar-refractivity contribution in [3.05, 3.63) is 47.2 Å². The first-order valence-electron chi connectivity index (χ1n) is 5.76. The Balaban J connectivity index is 1.93. The minimum absolute atomic E-state index is 0.0173. The van der Waals surface area contributed by atoms with Crippen molar-refractivity contribution in [3.8, 4) is 0 Å². The zero-order chi connectivity index (χ0) is 13.8. The summed E-state index contributed by atoms with van der Waals surface area (Å²) in [4.78, 5) is 11.7. The normalized spacial score (nSPS) is 12.2. The molecule has 0 aliphatic carbocycles. The molecule has 100 valence electrons. The van der Waals surface area contributed by atoms with Gasteiger partial charge in [-0.05, 0) is 17.7 Å². The molecule has 1 unspecified atom stereocenters. The van der Waals surface area contributed by atoms with Crippen molar-refractivity contribution >= 4 is 23.2 Å². The maximum absolute atomic E-state index is 11.7. The predicted octanol–water partition coefficient (Wildman–Crippen LogP) is 2.14. The van der Waals surface area contributed by atoms with E-state index in [1.165, 1.54) is 0 Å². The Morgan fingerprint density at radius 2 is 2.16 bits per heavy atom. The zero-order valence-electron chi connectivity index (χ0n) is 10.4. The zero-order valence-corrected chi connectivity index (χ0v) is 11.1. The molecule has 2 aromatic rings. The maximum atomic E-state index is 11.7. The summed E-state index contributed by atoms with van der Waals surface area (Å²) in [7, 11) is 1.76. The number of amides is 1. The molecule has 6 heteroatoms. The number of nitrogens with one attached hydrogen (secondary N) is 1. The van der Waals surface area contributed by atoms with Gasteiger partial charge >= 0.3 is 0 Å². The van der Waals surface area contributed by atoms with E-state index in [1.54, 1.807) is 48.4 Å². The van der Waals surface area contributed by atoms with Crippen LogP contribution in [-0.4, -0.2) is 20.8 Å². The van der Waals surface area contributed by atoms with Crippen LogP contribution in [0.25, 0.3) is 0 Å². The van der Waals surface area contributed by atoms with Crippen molar-refractivity contribution in [1.82, 2.24) is 9.78 Å². The summed E-state index contributed by atoms with van der Waals surface area (Å²) < 4.78 is 1.59. The minimum Gasteiger partial charge on any atom is -0.388 e. The van der Waals surface area contributed by atoms with Crippen molar-refractivity contribution in [3.63, 3.8) is 0 Å². The van der Waals surface area contributed by atoms with Gasteiger partial charge in [-0.1, -0.05) is 23.7 Å². The molecule has 0 radical (unpaired) electrons. The molecule has 0 fully saturated rings. The van der Waals surface area contributed by atoms with Crippen molar-refractivity contribution in [1.29, 1.82) is 0 Å². The smallest absolute Gasteiger partial charge is 0.227 e. The SMILES string of the molecule is Cn1cc(NC(=O)CC(O)c2ccc(Cl)cc2)cn1. The van der Waals surface area contributed by atoms with Crippen LogP contribution in [0.3, 0.4) is 0 Å². The Hall–Kier alpha value is -1.85. The third-order valence-electron chi connectivity index (χ3n) is 2.62. The van der Waals surface area contributed by atoms with Gasteiger partial charge in [0, 0.05) is 18.3 Å². The average molecular weight is 280 g/mol. The largest absolute Gasteiger partial charge is 0.388 e. The van der Waals surface area contributed by atoms with Crippen LogP contribution in [0, 0.1) is 0 Å². The van der Waals surface area contributed by atoms with E-state index in [0.29, 0.717) is 16.3 Å². The summed E-state index contributed by atoms with van der Waals surface area (Å²) in [6.07, 6.45) is 2.37. The summed E-state index contributed by atoms with van der Waals surface area (Å²) in [6, 6.07) is 6.76. The summed E-state index contributed by atoms with van der Waals surface area (Å²) in [6.45, 7) is 0. The van der Waals surface area contributed by atoms with Crippen LogP contribution in [-0.2, 0) is 11.8 Å². The monoisotopic (exact) mass is 279 g/mol. The fourth-order valence-electron chi connectivity index (χ4n) is 1.68. The lowest BCUT2D eigenvalue weighted by Gasteiger charge is -2.10. The van der Waals surface area contributed by atoms with Crippen molar-refractivity contribution in [2.75, 3.05) is 5.32 Å². The number of benzene rings is 1. The van der Waals surface area contributed by atoms with Crippen LogP contribution in [0.2, 0.25) is 5.02 Å². The lowest BCUT2D eigenvalue weighted by molar-refractivity contribution is -0.118. The van der Waals surface area contributed by atoms with Gasteiger partial charge in [0.15, 0.2) is 0 Å². The number of hydrogen-bond donors (Lipinski definition) is 2. The van der Waals surface area contributed by atoms with Crippen LogP contribution < -0.4 is 5.32 Å². The fraction of sp³-hybridized carbons (Fsp3) is 0.231. The Bertz CT molecular complexity index is 566. The number of hydrogen-bond acceptors (Lipinski definition) is 3. The van der Waals surface area contributed by atoms with E-state index in [4.69, 9.17) is 11.6 Å². The Morgan fingerprint density at radius 1 is 1.47 bits per heavy atom.